The van der Waals surface area contributed by atoms with Crippen molar-refractivity contribution < 1.29 is 9.18 Å². The Morgan fingerprint density at radius 3 is 2.78 bits per heavy atom. The van der Waals surface area contributed by atoms with Gasteiger partial charge in [0.25, 0.3) is 5.91 Å². The highest BCUT2D eigenvalue weighted by Crippen LogP contribution is 2.20. The predicted molar refractivity (Wildman–Crippen MR) is 71.0 cm³/mol. The molecule has 1 N–H and O–H groups in total. The molecular weight excluding hydrogens is 299 g/mol. The third kappa shape index (κ3) is 2.92. The molecule has 0 fully saturated rings. The van der Waals surface area contributed by atoms with Gasteiger partial charge in [-0.15, -0.1) is 0 Å². The van der Waals surface area contributed by atoms with Crippen molar-refractivity contribution in [2.45, 2.75) is 6.92 Å². The van der Waals surface area contributed by atoms with Crippen LogP contribution in [0.15, 0.2) is 40.9 Å². The molecule has 1 aromatic heterocycles. The third-order valence-electron chi connectivity index (χ3n) is 2.36. The topological polar surface area (TPSA) is 42.0 Å². The van der Waals surface area contributed by atoms with Crippen LogP contribution in [0.4, 0.5) is 10.1 Å². The van der Waals surface area contributed by atoms with Crippen molar-refractivity contribution in [3.05, 3.63) is 58.1 Å². The Hall–Kier alpha value is -1.75. The van der Waals surface area contributed by atoms with Crippen molar-refractivity contribution in [2.24, 2.45) is 0 Å². The first kappa shape index (κ1) is 12.7. The average molecular weight is 309 g/mol. The van der Waals surface area contributed by atoms with Crippen molar-refractivity contribution >= 4 is 27.5 Å². The third-order valence-corrected chi connectivity index (χ3v) is 3.25. The number of pyridine rings is 1. The number of anilines is 1. The molecule has 0 aliphatic carbocycles. The number of aromatic nitrogens is 1. The molecule has 1 heterocycles. The van der Waals surface area contributed by atoms with Crippen molar-refractivity contribution in [2.75, 3.05) is 5.32 Å². The number of rotatable bonds is 2. The van der Waals surface area contributed by atoms with E-state index in [1.165, 1.54) is 18.2 Å². The lowest BCUT2D eigenvalue weighted by Crippen LogP contribution is -2.14. The number of nitrogens with zero attached hydrogens (tertiary/aromatic N) is 1. The van der Waals surface area contributed by atoms with Gasteiger partial charge in [-0.1, -0.05) is 22.0 Å². The minimum Gasteiger partial charge on any atom is -0.321 e. The Morgan fingerprint density at radius 1 is 1.33 bits per heavy atom. The lowest BCUT2D eigenvalue weighted by atomic mass is 10.2. The number of amides is 1. The summed E-state index contributed by atoms with van der Waals surface area (Å²) in [4.78, 5) is 15.3. The van der Waals surface area contributed by atoms with Crippen LogP contribution in [0.3, 0.4) is 0 Å². The summed E-state index contributed by atoms with van der Waals surface area (Å²) in [5, 5.41) is 2.66. The van der Waals surface area contributed by atoms with E-state index in [9.17, 15) is 9.18 Å². The molecule has 1 amide bonds. The number of hydrogen-bond acceptors (Lipinski definition) is 2. The second-order valence-electron chi connectivity index (χ2n) is 3.76. The zero-order chi connectivity index (χ0) is 13.1. The maximum absolute atomic E-state index is 12.9. The standard InChI is InChI=1S/C13H10BrFN2O/c1-8-7-9(5-6-10(8)14)16-13(18)11-3-2-4-12(15)17-11/h2-7H,1H3,(H,16,18). The van der Waals surface area contributed by atoms with E-state index >= 15 is 0 Å². The molecule has 2 aromatic rings. The Kier molecular flexibility index (Phi) is 3.72. The fourth-order valence-corrected chi connectivity index (χ4v) is 1.70. The summed E-state index contributed by atoms with van der Waals surface area (Å²) in [6, 6.07) is 9.52. The van der Waals surface area contributed by atoms with E-state index < -0.39 is 11.9 Å². The Labute approximate surface area is 112 Å². The van der Waals surface area contributed by atoms with Gasteiger partial charge in [0.1, 0.15) is 5.69 Å². The molecular formula is C13H10BrFN2O. The zero-order valence-electron chi connectivity index (χ0n) is 9.58. The summed E-state index contributed by atoms with van der Waals surface area (Å²) in [6.45, 7) is 1.92. The van der Waals surface area contributed by atoms with Gasteiger partial charge in [-0.05, 0) is 42.8 Å². The molecule has 0 radical (unpaired) electrons. The van der Waals surface area contributed by atoms with E-state index in [2.05, 4.69) is 26.2 Å². The highest BCUT2D eigenvalue weighted by atomic mass is 79.9. The SMILES string of the molecule is Cc1cc(NC(=O)c2cccc(F)n2)ccc1Br. The maximum atomic E-state index is 12.9. The number of carbonyl (C=O) groups is 1. The molecule has 0 unspecified atom stereocenters. The largest absolute Gasteiger partial charge is 0.321 e. The first-order valence-corrected chi connectivity index (χ1v) is 6.05. The van der Waals surface area contributed by atoms with Crippen LogP contribution >= 0.6 is 15.9 Å². The molecule has 2 rings (SSSR count). The molecule has 18 heavy (non-hydrogen) atoms. The molecule has 1 aromatic carbocycles. The second-order valence-corrected chi connectivity index (χ2v) is 4.62. The summed E-state index contributed by atoms with van der Waals surface area (Å²) in [5.74, 6) is -1.11. The quantitative estimate of drug-likeness (QED) is 0.862. The van der Waals surface area contributed by atoms with Crippen LogP contribution in [0.2, 0.25) is 0 Å². The van der Waals surface area contributed by atoms with E-state index in [1.807, 2.05) is 19.1 Å². The lowest BCUT2D eigenvalue weighted by Gasteiger charge is -2.06. The van der Waals surface area contributed by atoms with Crippen LogP contribution in [-0.2, 0) is 0 Å². The van der Waals surface area contributed by atoms with Gasteiger partial charge in [-0.2, -0.15) is 4.39 Å². The molecule has 92 valence electrons. The molecule has 0 saturated heterocycles. The number of benzene rings is 1. The van der Waals surface area contributed by atoms with Gasteiger partial charge in [0.2, 0.25) is 5.95 Å². The van der Waals surface area contributed by atoms with E-state index in [0.29, 0.717) is 5.69 Å². The Morgan fingerprint density at radius 2 is 2.11 bits per heavy atom. The molecule has 0 aliphatic rings. The van der Waals surface area contributed by atoms with Gasteiger partial charge in [0.15, 0.2) is 0 Å². The van der Waals surface area contributed by atoms with Crippen molar-refractivity contribution in [1.29, 1.82) is 0 Å². The summed E-state index contributed by atoms with van der Waals surface area (Å²) in [6.07, 6.45) is 0. The lowest BCUT2D eigenvalue weighted by molar-refractivity contribution is 0.102. The van der Waals surface area contributed by atoms with Gasteiger partial charge in [-0.25, -0.2) is 4.98 Å². The Bertz CT molecular complexity index is 601. The molecule has 0 atom stereocenters. The minimum atomic E-state index is -0.672. The molecule has 0 bridgehead atoms. The first-order chi connectivity index (χ1) is 8.56. The summed E-state index contributed by atoms with van der Waals surface area (Å²) >= 11 is 3.38. The van der Waals surface area contributed by atoms with E-state index in [4.69, 9.17) is 0 Å². The van der Waals surface area contributed by atoms with E-state index in [0.717, 1.165) is 10.0 Å². The zero-order valence-corrected chi connectivity index (χ0v) is 11.2. The molecule has 0 saturated carbocycles. The molecule has 5 heteroatoms. The molecule has 3 nitrogen and oxygen atoms in total. The number of halogens is 2. The van der Waals surface area contributed by atoms with Gasteiger partial charge in [0, 0.05) is 10.2 Å². The van der Waals surface area contributed by atoms with E-state index in [-0.39, 0.29) is 5.69 Å². The summed E-state index contributed by atoms with van der Waals surface area (Å²) in [7, 11) is 0. The fraction of sp³-hybridized carbons (Fsp3) is 0.0769. The van der Waals surface area contributed by atoms with Crippen LogP contribution in [0.1, 0.15) is 16.1 Å². The predicted octanol–water partition coefficient (Wildman–Crippen LogP) is 3.54. The van der Waals surface area contributed by atoms with Crippen molar-refractivity contribution in [3.8, 4) is 0 Å². The van der Waals surface area contributed by atoms with E-state index in [1.54, 1.807) is 6.07 Å². The van der Waals surface area contributed by atoms with Gasteiger partial charge in [0.05, 0.1) is 0 Å². The Balaban J connectivity index is 2.18. The van der Waals surface area contributed by atoms with Crippen LogP contribution in [0.5, 0.6) is 0 Å². The number of aryl methyl sites for hydroxylation is 1. The second kappa shape index (κ2) is 5.27. The van der Waals surface area contributed by atoms with Crippen LogP contribution in [0, 0.1) is 12.9 Å². The van der Waals surface area contributed by atoms with Gasteiger partial charge >= 0.3 is 0 Å². The number of hydrogen-bond donors (Lipinski definition) is 1. The number of nitrogens with one attached hydrogen (secondary N) is 1. The fourth-order valence-electron chi connectivity index (χ4n) is 1.45. The van der Waals surface area contributed by atoms with Gasteiger partial charge < -0.3 is 5.32 Å². The smallest absolute Gasteiger partial charge is 0.274 e. The maximum Gasteiger partial charge on any atom is 0.274 e. The highest BCUT2D eigenvalue weighted by Gasteiger charge is 2.08. The average Bonchev–Trinajstić information content (AvgIpc) is 2.34. The number of carbonyl (C=O) groups excluding carboxylic acids is 1. The van der Waals surface area contributed by atoms with Crippen molar-refractivity contribution in [1.82, 2.24) is 4.98 Å². The summed E-state index contributed by atoms with van der Waals surface area (Å²) < 4.78 is 13.8. The normalized spacial score (nSPS) is 10.2. The first-order valence-electron chi connectivity index (χ1n) is 5.26. The molecule has 0 aliphatic heterocycles. The highest BCUT2D eigenvalue weighted by molar-refractivity contribution is 9.10. The van der Waals surface area contributed by atoms with Crippen LogP contribution in [-0.4, -0.2) is 10.9 Å². The summed E-state index contributed by atoms with van der Waals surface area (Å²) in [5.41, 5.74) is 1.70. The van der Waals surface area contributed by atoms with Crippen molar-refractivity contribution in [3.63, 3.8) is 0 Å². The minimum absolute atomic E-state index is 0.0515. The van der Waals surface area contributed by atoms with Crippen LogP contribution < -0.4 is 5.32 Å². The van der Waals surface area contributed by atoms with Crippen LogP contribution in [0.25, 0.3) is 0 Å². The van der Waals surface area contributed by atoms with Gasteiger partial charge in [-0.3, -0.25) is 4.79 Å². The molecule has 0 spiro atoms. The monoisotopic (exact) mass is 308 g/mol.